The predicted molar refractivity (Wildman–Crippen MR) is 69.6 cm³/mol. The first-order valence-corrected chi connectivity index (χ1v) is 6.84. The fourth-order valence-corrected chi connectivity index (χ4v) is 2.12. The molecular formula is C13H21F3N2O3. The molecule has 0 bridgehead atoms. The average molecular weight is 310 g/mol. The lowest BCUT2D eigenvalue weighted by molar-refractivity contribution is -0.174. The van der Waals surface area contributed by atoms with Crippen molar-refractivity contribution in [1.82, 2.24) is 10.6 Å². The van der Waals surface area contributed by atoms with Crippen molar-refractivity contribution in [2.24, 2.45) is 0 Å². The molecule has 5 nitrogen and oxygen atoms in total. The minimum Gasteiger partial charge on any atom is -0.444 e. The summed E-state index contributed by atoms with van der Waals surface area (Å²) < 4.78 is 41.5. The molecule has 1 aliphatic rings. The molecule has 0 spiro atoms. The molecule has 2 N–H and O–H groups in total. The number of hydrogen-bond acceptors (Lipinski definition) is 3. The van der Waals surface area contributed by atoms with E-state index in [0.29, 0.717) is 25.7 Å². The van der Waals surface area contributed by atoms with Gasteiger partial charge in [-0.05, 0) is 46.5 Å². The van der Waals surface area contributed by atoms with Crippen molar-refractivity contribution in [2.75, 3.05) is 0 Å². The Morgan fingerprint density at radius 3 is 1.76 bits per heavy atom. The van der Waals surface area contributed by atoms with Crippen molar-refractivity contribution < 1.29 is 27.5 Å². The van der Waals surface area contributed by atoms with Crippen LogP contribution >= 0.6 is 0 Å². The molecule has 122 valence electrons. The maximum absolute atomic E-state index is 12.1. The van der Waals surface area contributed by atoms with Crippen LogP contribution in [0.1, 0.15) is 46.5 Å². The van der Waals surface area contributed by atoms with Gasteiger partial charge in [0, 0.05) is 12.1 Å². The Kier molecular flexibility index (Phi) is 5.47. The lowest BCUT2D eigenvalue weighted by Gasteiger charge is -2.30. The minimum absolute atomic E-state index is 0.140. The van der Waals surface area contributed by atoms with Crippen LogP contribution < -0.4 is 10.6 Å². The van der Waals surface area contributed by atoms with Crippen LogP contribution in [0.15, 0.2) is 0 Å². The summed E-state index contributed by atoms with van der Waals surface area (Å²) >= 11 is 0. The van der Waals surface area contributed by atoms with Gasteiger partial charge in [0.2, 0.25) is 0 Å². The second kappa shape index (κ2) is 6.53. The summed E-state index contributed by atoms with van der Waals surface area (Å²) in [5.74, 6) is -1.91. The van der Waals surface area contributed by atoms with E-state index in [1.807, 2.05) is 5.32 Å². The van der Waals surface area contributed by atoms with E-state index in [2.05, 4.69) is 5.32 Å². The van der Waals surface area contributed by atoms with Crippen LogP contribution in [0.4, 0.5) is 18.0 Å². The van der Waals surface area contributed by atoms with E-state index in [-0.39, 0.29) is 6.04 Å². The molecule has 0 unspecified atom stereocenters. The Labute approximate surface area is 121 Å². The van der Waals surface area contributed by atoms with Gasteiger partial charge in [0.25, 0.3) is 0 Å². The number of alkyl carbamates (subject to hydrolysis) is 1. The van der Waals surface area contributed by atoms with Gasteiger partial charge in [-0.15, -0.1) is 0 Å². The third kappa shape index (κ3) is 6.68. The average Bonchev–Trinajstić information content (AvgIpc) is 2.27. The van der Waals surface area contributed by atoms with Gasteiger partial charge in [0.1, 0.15) is 5.60 Å². The van der Waals surface area contributed by atoms with Gasteiger partial charge in [-0.3, -0.25) is 4.79 Å². The number of ether oxygens (including phenoxy) is 1. The molecule has 1 rings (SSSR count). The van der Waals surface area contributed by atoms with E-state index in [1.54, 1.807) is 20.8 Å². The molecular weight excluding hydrogens is 289 g/mol. The molecule has 0 aromatic carbocycles. The first-order chi connectivity index (χ1) is 9.47. The first-order valence-electron chi connectivity index (χ1n) is 6.84. The highest BCUT2D eigenvalue weighted by atomic mass is 19.4. The molecule has 1 fully saturated rings. The maximum Gasteiger partial charge on any atom is 0.471 e. The Bertz CT molecular complexity index is 383. The molecule has 0 saturated heterocycles. The lowest BCUT2D eigenvalue weighted by Crippen LogP contribution is -2.47. The molecule has 0 heterocycles. The quantitative estimate of drug-likeness (QED) is 0.823. The van der Waals surface area contributed by atoms with Crippen molar-refractivity contribution in [3.8, 4) is 0 Å². The molecule has 2 amide bonds. The van der Waals surface area contributed by atoms with E-state index < -0.39 is 29.8 Å². The number of hydrogen-bond donors (Lipinski definition) is 2. The minimum atomic E-state index is -4.86. The van der Waals surface area contributed by atoms with Gasteiger partial charge in [0.15, 0.2) is 0 Å². The molecule has 0 aromatic rings. The zero-order valence-corrected chi connectivity index (χ0v) is 12.3. The lowest BCUT2D eigenvalue weighted by atomic mass is 9.91. The zero-order valence-electron chi connectivity index (χ0n) is 12.3. The number of nitrogens with one attached hydrogen (secondary N) is 2. The highest BCUT2D eigenvalue weighted by Crippen LogP contribution is 2.21. The van der Waals surface area contributed by atoms with Crippen molar-refractivity contribution in [2.45, 2.75) is 70.3 Å². The Balaban J connectivity index is 2.33. The fourth-order valence-electron chi connectivity index (χ4n) is 2.12. The van der Waals surface area contributed by atoms with Crippen LogP contribution in [0.25, 0.3) is 0 Å². The third-order valence-corrected chi connectivity index (χ3v) is 3.04. The number of carbonyl (C=O) groups excluding carboxylic acids is 2. The van der Waals surface area contributed by atoms with Crippen molar-refractivity contribution in [1.29, 1.82) is 0 Å². The molecule has 1 aliphatic carbocycles. The largest absolute Gasteiger partial charge is 0.471 e. The number of carbonyl (C=O) groups is 2. The molecule has 0 atom stereocenters. The molecule has 21 heavy (non-hydrogen) atoms. The van der Waals surface area contributed by atoms with Gasteiger partial charge in [-0.2, -0.15) is 13.2 Å². The van der Waals surface area contributed by atoms with E-state index in [0.717, 1.165) is 0 Å². The van der Waals surface area contributed by atoms with E-state index in [9.17, 15) is 22.8 Å². The van der Waals surface area contributed by atoms with Crippen LogP contribution in [-0.4, -0.2) is 35.9 Å². The van der Waals surface area contributed by atoms with Gasteiger partial charge in [0.05, 0.1) is 0 Å². The predicted octanol–water partition coefficient (Wildman–Crippen LogP) is 2.50. The Hall–Kier alpha value is -1.47. The summed E-state index contributed by atoms with van der Waals surface area (Å²) in [6, 6.07) is -0.644. The fraction of sp³-hybridized carbons (Fsp3) is 0.846. The molecule has 0 aromatic heterocycles. The van der Waals surface area contributed by atoms with Crippen LogP contribution in [0, 0.1) is 0 Å². The Morgan fingerprint density at radius 2 is 1.38 bits per heavy atom. The van der Waals surface area contributed by atoms with Gasteiger partial charge in [-0.25, -0.2) is 4.79 Å². The molecule has 0 aliphatic heterocycles. The summed E-state index contributed by atoms with van der Waals surface area (Å²) in [6.45, 7) is 5.24. The molecule has 1 saturated carbocycles. The Morgan fingerprint density at radius 1 is 0.952 bits per heavy atom. The van der Waals surface area contributed by atoms with Gasteiger partial charge < -0.3 is 15.4 Å². The van der Waals surface area contributed by atoms with Crippen LogP contribution in [0.2, 0.25) is 0 Å². The SMILES string of the molecule is CC(C)(C)OC(=O)N[C@H]1CC[C@H](NC(=O)C(F)(F)F)CC1. The van der Waals surface area contributed by atoms with Crippen molar-refractivity contribution >= 4 is 12.0 Å². The molecule has 0 radical (unpaired) electrons. The molecule has 8 heteroatoms. The smallest absolute Gasteiger partial charge is 0.444 e. The standard InChI is InChI=1S/C13H21F3N2O3/c1-12(2,3)21-11(20)18-9-6-4-8(5-7-9)17-10(19)13(14,15)16/h8-9H,4-7H2,1-3H3,(H,17,19)(H,18,20)/t8-,9-. The van der Waals surface area contributed by atoms with Crippen LogP contribution in [0.3, 0.4) is 0 Å². The normalized spacial score (nSPS) is 23.3. The van der Waals surface area contributed by atoms with E-state index in [1.165, 1.54) is 0 Å². The highest BCUT2D eigenvalue weighted by molar-refractivity contribution is 5.81. The summed E-state index contributed by atoms with van der Waals surface area (Å²) in [4.78, 5) is 22.4. The summed E-state index contributed by atoms with van der Waals surface area (Å²) in [5.41, 5.74) is -0.595. The van der Waals surface area contributed by atoms with Gasteiger partial charge >= 0.3 is 18.2 Å². The van der Waals surface area contributed by atoms with E-state index in [4.69, 9.17) is 4.74 Å². The second-order valence-electron chi connectivity index (χ2n) is 6.17. The first kappa shape index (κ1) is 17.6. The number of halogens is 3. The van der Waals surface area contributed by atoms with Crippen LogP contribution in [-0.2, 0) is 9.53 Å². The van der Waals surface area contributed by atoms with Crippen molar-refractivity contribution in [3.63, 3.8) is 0 Å². The summed E-state index contributed by atoms with van der Waals surface area (Å²) in [6.07, 6.45) is -3.61. The second-order valence-corrected chi connectivity index (χ2v) is 6.17. The summed E-state index contributed by atoms with van der Waals surface area (Å²) in [5, 5.41) is 4.65. The maximum atomic E-state index is 12.1. The zero-order chi connectivity index (χ0) is 16.3. The highest BCUT2D eigenvalue weighted by Gasteiger charge is 2.40. The number of amides is 2. The van der Waals surface area contributed by atoms with Gasteiger partial charge in [-0.1, -0.05) is 0 Å². The topological polar surface area (TPSA) is 67.4 Å². The number of rotatable bonds is 2. The van der Waals surface area contributed by atoms with E-state index >= 15 is 0 Å². The third-order valence-electron chi connectivity index (χ3n) is 3.04. The monoisotopic (exact) mass is 310 g/mol. The van der Waals surface area contributed by atoms with Crippen LogP contribution in [0.5, 0.6) is 0 Å². The van der Waals surface area contributed by atoms with Crippen molar-refractivity contribution in [3.05, 3.63) is 0 Å². The number of alkyl halides is 3. The summed E-state index contributed by atoms with van der Waals surface area (Å²) in [7, 11) is 0.